The van der Waals surface area contributed by atoms with Gasteiger partial charge in [0.25, 0.3) is 11.5 Å². The van der Waals surface area contributed by atoms with Crippen LogP contribution in [0.1, 0.15) is 72.4 Å². The number of carbonyl (C=O) groups is 4. The lowest BCUT2D eigenvalue weighted by atomic mass is 9.97. The smallest absolute Gasteiger partial charge is 0.329 e. The molecule has 0 saturated carbocycles. The molecule has 3 aliphatic heterocycles. The molecule has 0 spiro atoms. The van der Waals surface area contributed by atoms with Gasteiger partial charge in [0.15, 0.2) is 5.69 Å². The van der Waals surface area contributed by atoms with E-state index < -0.39 is 29.5 Å². The van der Waals surface area contributed by atoms with Gasteiger partial charge in [0.1, 0.15) is 34.9 Å². The van der Waals surface area contributed by atoms with E-state index in [1.165, 1.54) is 51.3 Å². The van der Waals surface area contributed by atoms with Crippen LogP contribution < -0.4 is 35.7 Å². The third kappa shape index (κ3) is 8.30. The number of nitrogens with zero attached hydrogens (tertiary/aromatic N) is 9. The average molecular weight is 954 g/mol. The molecule has 2 aromatic carbocycles. The molecule has 2 atom stereocenters. The fourth-order valence-electron chi connectivity index (χ4n) is 9.32. The van der Waals surface area contributed by atoms with Crippen LogP contribution in [0.5, 0.6) is 17.6 Å². The maximum Gasteiger partial charge on any atom is 0.329 e. The summed E-state index contributed by atoms with van der Waals surface area (Å²) < 4.78 is 23.3. The molecular weight excluding hydrogens is 907 g/mol. The molecule has 9 rings (SSSR count). The number of aromatic nitrogens is 7. The Morgan fingerprint density at radius 1 is 0.925 bits per heavy atom. The van der Waals surface area contributed by atoms with E-state index in [9.17, 15) is 28.8 Å². The summed E-state index contributed by atoms with van der Waals surface area (Å²) in [5.74, 6) is -0.316. The fourth-order valence-corrected chi connectivity index (χ4v) is 9.70. The van der Waals surface area contributed by atoms with Gasteiger partial charge in [-0.3, -0.25) is 43.3 Å². The summed E-state index contributed by atoms with van der Waals surface area (Å²) in [6.45, 7) is 1.63. The second-order valence-electron chi connectivity index (χ2n) is 16.7. The Bertz CT molecular complexity index is 3080. The minimum atomic E-state index is -0.851. The number of para-hydroxylation sites is 1. The van der Waals surface area contributed by atoms with Crippen LogP contribution in [0, 0.1) is 5.92 Å². The Kier molecular flexibility index (Phi) is 12.4. The molecule has 19 nitrogen and oxygen atoms in total. The van der Waals surface area contributed by atoms with Crippen molar-refractivity contribution in [2.45, 2.75) is 57.2 Å². The number of halogens is 2. The minimum absolute atomic E-state index is 0.0352. The molecule has 2 saturated heterocycles. The number of aryl methyl sites for hydroxylation is 2. The summed E-state index contributed by atoms with van der Waals surface area (Å²) in [5.41, 5.74) is 1.95. The van der Waals surface area contributed by atoms with Crippen molar-refractivity contribution in [2.24, 2.45) is 20.0 Å². The topological polar surface area (TPSA) is 207 Å². The zero-order valence-corrected chi connectivity index (χ0v) is 38.5. The van der Waals surface area contributed by atoms with E-state index in [-0.39, 0.29) is 77.5 Å². The zero-order valence-electron chi connectivity index (χ0n) is 37.0. The highest BCUT2D eigenvalue weighted by Crippen LogP contribution is 2.44. The van der Waals surface area contributed by atoms with Crippen molar-refractivity contribution in [3.63, 3.8) is 0 Å². The van der Waals surface area contributed by atoms with E-state index in [1.54, 1.807) is 56.6 Å². The van der Waals surface area contributed by atoms with Crippen LogP contribution in [0.25, 0.3) is 22.4 Å². The number of nitrogens with one attached hydrogen (secondary N) is 1. The number of anilines is 1. The predicted octanol–water partition coefficient (Wildman–Crippen LogP) is 4.84. The Morgan fingerprint density at radius 2 is 1.69 bits per heavy atom. The number of imidazole rings is 2. The zero-order chi connectivity index (χ0) is 47.3. The summed E-state index contributed by atoms with van der Waals surface area (Å²) in [7, 11) is 6.07. The standard InChI is InChI=1S/C46H46Cl2N10O9/c1-53-23-28(48)21-32(43(53)62)58-37(26-10-12-27(47)13-11-26)39-36(44(58)63)51-40(29-22-49-45(66-4)52-42(29)65-3)56(39)18-6-9-35(60)55-19-16-25(17-20-55)24-67-33-8-5-7-30-38(33)54(2)46(64)57(30)31-14-15-34(59)50-41(31)61/h5,7-8,10-13,21-23,25,31,37H,6,9,14-20,24H2,1-4H3,(H,50,59,61)/t31?,37-/m1/s1. The first-order valence-electron chi connectivity index (χ1n) is 21.7. The Labute approximate surface area is 392 Å². The summed E-state index contributed by atoms with van der Waals surface area (Å²) in [5, 5.41) is 3.07. The van der Waals surface area contributed by atoms with Crippen LogP contribution >= 0.6 is 23.2 Å². The van der Waals surface area contributed by atoms with E-state index in [4.69, 9.17) is 42.4 Å². The van der Waals surface area contributed by atoms with Gasteiger partial charge in [-0.05, 0) is 67.5 Å². The lowest BCUT2D eigenvalue weighted by molar-refractivity contribution is -0.136. The van der Waals surface area contributed by atoms with Gasteiger partial charge >= 0.3 is 11.7 Å². The van der Waals surface area contributed by atoms with Gasteiger partial charge in [0.05, 0.1) is 42.6 Å². The van der Waals surface area contributed by atoms with Crippen LogP contribution in [0.3, 0.4) is 0 Å². The third-order valence-corrected chi connectivity index (χ3v) is 13.1. The molecule has 1 unspecified atom stereocenters. The van der Waals surface area contributed by atoms with Gasteiger partial charge in [-0.2, -0.15) is 4.98 Å². The predicted molar refractivity (Wildman–Crippen MR) is 246 cm³/mol. The maximum atomic E-state index is 14.6. The number of benzene rings is 2. The first-order chi connectivity index (χ1) is 32.3. The summed E-state index contributed by atoms with van der Waals surface area (Å²) in [4.78, 5) is 96.9. The lowest BCUT2D eigenvalue weighted by Gasteiger charge is -2.32. The van der Waals surface area contributed by atoms with Gasteiger partial charge < -0.3 is 28.2 Å². The molecule has 7 heterocycles. The van der Waals surface area contributed by atoms with Gasteiger partial charge in [-0.15, -0.1) is 0 Å². The van der Waals surface area contributed by atoms with E-state index in [2.05, 4.69) is 15.3 Å². The van der Waals surface area contributed by atoms with Crippen molar-refractivity contribution in [3.8, 4) is 29.0 Å². The third-order valence-electron chi connectivity index (χ3n) is 12.7. The number of pyridine rings is 1. The monoisotopic (exact) mass is 952 g/mol. The average Bonchev–Trinajstić information content (AvgIpc) is 3.92. The normalized spacial score (nSPS) is 17.6. The summed E-state index contributed by atoms with van der Waals surface area (Å²) in [6.07, 6.45) is 5.27. The summed E-state index contributed by atoms with van der Waals surface area (Å²) >= 11 is 12.8. The number of imide groups is 1. The molecule has 4 aromatic heterocycles. The molecule has 348 valence electrons. The van der Waals surface area contributed by atoms with E-state index >= 15 is 0 Å². The molecule has 1 N–H and O–H groups in total. The van der Waals surface area contributed by atoms with Crippen molar-refractivity contribution in [1.82, 2.24) is 43.4 Å². The Balaban J connectivity index is 0.933. The number of likely N-dealkylation sites (tertiary alicyclic amines) is 1. The number of carbonyl (C=O) groups excluding carboxylic acids is 4. The molecule has 2 fully saturated rings. The number of amides is 4. The second-order valence-corrected chi connectivity index (χ2v) is 17.6. The molecule has 4 amide bonds. The van der Waals surface area contributed by atoms with E-state index in [0.717, 1.165) is 0 Å². The van der Waals surface area contributed by atoms with Crippen molar-refractivity contribution in [1.29, 1.82) is 0 Å². The van der Waals surface area contributed by atoms with Gasteiger partial charge in [0, 0.05) is 64.0 Å². The molecular formula is C46H46Cl2N10O9. The number of hydrogen-bond donors (Lipinski definition) is 1. The van der Waals surface area contributed by atoms with Crippen molar-refractivity contribution >= 4 is 63.6 Å². The number of ether oxygens (including phenoxy) is 3. The van der Waals surface area contributed by atoms with Crippen LogP contribution in [-0.4, -0.2) is 95.7 Å². The minimum Gasteiger partial charge on any atom is -0.491 e. The molecule has 0 radical (unpaired) electrons. The van der Waals surface area contributed by atoms with E-state index in [0.29, 0.717) is 83.4 Å². The highest BCUT2D eigenvalue weighted by atomic mass is 35.5. The molecule has 21 heteroatoms. The Hall–Kier alpha value is -6.99. The van der Waals surface area contributed by atoms with Crippen LogP contribution in [0.15, 0.2) is 70.5 Å². The van der Waals surface area contributed by atoms with E-state index in [1.807, 2.05) is 9.47 Å². The van der Waals surface area contributed by atoms with Crippen molar-refractivity contribution in [3.05, 3.63) is 109 Å². The van der Waals surface area contributed by atoms with Gasteiger partial charge in [0.2, 0.25) is 23.6 Å². The molecule has 6 aromatic rings. The van der Waals surface area contributed by atoms with Crippen LogP contribution in [-0.2, 0) is 35.0 Å². The van der Waals surface area contributed by atoms with Crippen LogP contribution in [0.4, 0.5) is 5.69 Å². The quantitative estimate of drug-likeness (QED) is 0.154. The molecule has 0 aliphatic carbocycles. The number of hydrogen-bond acceptors (Lipinski definition) is 12. The van der Waals surface area contributed by atoms with Gasteiger partial charge in [-0.1, -0.05) is 41.4 Å². The largest absolute Gasteiger partial charge is 0.491 e. The SMILES string of the molecule is COc1ncc(-c2nc3c(n2CCCC(=O)N2CCC(COc4cccc5c4n(C)c(=O)n5C4CCC(=O)NC4=O)CC2)[C@@H](c2ccc(Cl)cc2)N(c2cc(Cl)cn(C)c2=O)C3=O)c(OC)n1. The van der Waals surface area contributed by atoms with Crippen LogP contribution in [0.2, 0.25) is 10.0 Å². The second kappa shape index (κ2) is 18.4. The molecule has 67 heavy (non-hydrogen) atoms. The molecule has 3 aliphatic rings. The number of methoxy groups -OCH3 is 2. The summed E-state index contributed by atoms with van der Waals surface area (Å²) in [6, 6.07) is 12.2. The fraction of sp³-hybridized carbons (Fsp3) is 0.370. The first-order valence-corrected chi connectivity index (χ1v) is 22.5. The maximum absolute atomic E-state index is 14.6. The van der Waals surface area contributed by atoms with Crippen molar-refractivity contribution in [2.75, 3.05) is 38.8 Å². The number of fused-ring (bicyclic) bond motifs is 2. The van der Waals surface area contributed by atoms with Crippen molar-refractivity contribution < 1.29 is 33.4 Å². The Morgan fingerprint density at radius 3 is 2.40 bits per heavy atom. The van der Waals surface area contributed by atoms with Gasteiger partial charge in [-0.25, -0.2) is 14.8 Å². The number of rotatable bonds is 13. The first kappa shape index (κ1) is 45.2. The highest BCUT2D eigenvalue weighted by Gasteiger charge is 2.46. The number of piperidine rings is 2. The highest BCUT2D eigenvalue weighted by molar-refractivity contribution is 6.31. The lowest BCUT2D eigenvalue weighted by Crippen LogP contribution is -2.44. The molecule has 0 bridgehead atoms.